The number of halogens is 2. The molecule has 1 unspecified atom stereocenters. The average molecular weight is 404 g/mol. The van der Waals surface area contributed by atoms with E-state index in [2.05, 4.69) is 0 Å². The van der Waals surface area contributed by atoms with Gasteiger partial charge in [0.2, 0.25) is 0 Å². The summed E-state index contributed by atoms with van der Waals surface area (Å²) in [4.78, 5) is 17.4. The first-order valence-electron chi connectivity index (χ1n) is 9.72. The summed E-state index contributed by atoms with van der Waals surface area (Å²) in [7, 11) is 0. The summed E-state index contributed by atoms with van der Waals surface area (Å²) in [6.45, 7) is 0.192. The van der Waals surface area contributed by atoms with Gasteiger partial charge in [-0.05, 0) is 42.2 Å². The fraction of sp³-hybridized carbons (Fsp3) is 0.167. The van der Waals surface area contributed by atoms with Crippen LogP contribution in [0.2, 0.25) is 0 Å². The van der Waals surface area contributed by atoms with E-state index < -0.39 is 23.0 Å². The van der Waals surface area contributed by atoms with Gasteiger partial charge in [-0.15, -0.1) is 0 Å². The lowest BCUT2D eigenvalue weighted by molar-refractivity contribution is -0.145. The van der Waals surface area contributed by atoms with Gasteiger partial charge in [0.25, 0.3) is 0 Å². The number of carboxylic acids is 1. The van der Waals surface area contributed by atoms with Gasteiger partial charge in [-0.2, -0.15) is 0 Å². The van der Waals surface area contributed by atoms with Gasteiger partial charge < -0.3 is 9.67 Å². The number of benzene rings is 3. The molecule has 1 aliphatic rings. The maximum Gasteiger partial charge on any atom is 0.316 e. The van der Waals surface area contributed by atoms with E-state index >= 15 is 0 Å². The number of aryl methyl sites for hydroxylation is 1. The first-order valence-corrected chi connectivity index (χ1v) is 9.72. The fourth-order valence-electron chi connectivity index (χ4n) is 4.47. The molecule has 0 amide bonds. The summed E-state index contributed by atoms with van der Waals surface area (Å²) in [6, 6.07) is 18.4. The van der Waals surface area contributed by atoms with Crippen molar-refractivity contribution in [3.8, 4) is 11.4 Å². The normalized spacial score (nSPS) is 17.5. The van der Waals surface area contributed by atoms with Gasteiger partial charge >= 0.3 is 5.97 Å². The van der Waals surface area contributed by atoms with Gasteiger partial charge in [0.1, 0.15) is 22.9 Å². The smallest absolute Gasteiger partial charge is 0.316 e. The second-order valence-electron chi connectivity index (χ2n) is 7.68. The van der Waals surface area contributed by atoms with Crippen LogP contribution in [0.3, 0.4) is 0 Å². The lowest BCUT2D eigenvalue weighted by Gasteiger charge is -2.36. The molecule has 5 rings (SSSR count). The molecule has 0 bridgehead atoms. The number of imidazole rings is 1. The Morgan fingerprint density at radius 3 is 2.63 bits per heavy atom. The Hall–Kier alpha value is -3.54. The number of para-hydroxylation sites is 2. The van der Waals surface area contributed by atoms with E-state index in [1.165, 1.54) is 12.1 Å². The number of hydrogen-bond donors (Lipinski definition) is 1. The standard InChI is InChI=1S/C24H18F2N2O2/c25-16-10-9-15(19(26)13-16)11-12-24(23(29)30)14-28-21-8-4-3-7-20(21)27-22(28)17-5-1-2-6-18(17)24/h1-10,13H,11-12,14H2,(H,29,30). The number of aromatic nitrogens is 2. The van der Waals surface area contributed by atoms with Crippen LogP contribution in [-0.4, -0.2) is 20.6 Å². The van der Waals surface area contributed by atoms with Gasteiger partial charge in [-0.1, -0.05) is 42.5 Å². The van der Waals surface area contributed by atoms with Gasteiger partial charge in [-0.3, -0.25) is 4.79 Å². The van der Waals surface area contributed by atoms with Crippen molar-refractivity contribution in [1.82, 2.24) is 9.55 Å². The quantitative estimate of drug-likeness (QED) is 0.524. The van der Waals surface area contributed by atoms with E-state index in [0.717, 1.165) is 28.5 Å². The monoisotopic (exact) mass is 404 g/mol. The summed E-state index contributed by atoms with van der Waals surface area (Å²) in [5, 5.41) is 10.4. The molecule has 4 nitrogen and oxygen atoms in total. The van der Waals surface area contributed by atoms with Crippen molar-refractivity contribution in [2.24, 2.45) is 0 Å². The Labute approximate surface area is 171 Å². The van der Waals surface area contributed by atoms with E-state index in [-0.39, 0.29) is 19.4 Å². The van der Waals surface area contributed by atoms with Crippen LogP contribution in [0, 0.1) is 11.6 Å². The third-order valence-corrected chi connectivity index (χ3v) is 6.01. The summed E-state index contributed by atoms with van der Waals surface area (Å²) in [5.74, 6) is -1.55. The lowest BCUT2D eigenvalue weighted by Crippen LogP contribution is -2.43. The molecule has 0 radical (unpaired) electrons. The molecule has 3 aromatic carbocycles. The summed E-state index contributed by atoms with van der Waals surface area (Å²) in [5.41, 5.74) is 2.14. The van der Waals surface area contributed by atoms with Gasteiger partial charge in [0, 0.05) is 18.2 Å². The molecule has 0 spiro atoms. The number of nitrogens with zero attached hydrogens (tertiary/aromatic N) is 2. The van der Waals surface area contributed by atoms with E-state index in [0.29, 0.717) is 11.1 Å². The predicted octanol–water partition coefficient (Wildman–Crippen LogP) is 4.95. The van der Waals surface area contributed by atoms with E-state index in [1.807, 2.05) is 53.1 Å². The molecule has 0 aliphatic carbocycles. The number of rotatable bonds is 4. The summed E-state index contributed by atoms with van der Waals surface area (Å²) in [6.07, 6.45) is 0.350. The first kappa shape index (κ1) is 18.5. The predicted molar refractivity (Wildman–Crippen MR) is 109 cm³/mol. The van der Waals surface area contributed by atoms with Crippen molar-refractivity contribution in [2.45, 2.75) is 24.8 Å². The zero-order valence-corrected chi connectivity index (χ0v) is 16.0. The van der Waals surface area contributed by atoms with Crippen molar-refractivity contribution in [1.29, 1.82) is 0 Å². The Balaban J connectivity index is 1.65. The molecule has 4 aromatic rings. The molecule has 2 heterocycles. The SMILES string of the molecule is O=C(O)C1(CCc2ccc(F)cc2F)Cn2c(nc3ccccc32)-c2ccccc21. The van der Waals surface area contributed by atoms with Crippen LogP contribution < -0.4 is 0 Å². The zero-order chi connectivity index (χ0) is 20.9. The second kappa shape index (κ2) is 6.76. The highest BCUT2D eigenvalue weighted by Gasteiger charge is 2.46. The van der Waals surface area contributed by atoms with Crippen LogP contribution in [0.4, 0.5) is 8.78 Å². The Kier molecular flexibility index (Phi) is 4.17. The molecule has 6 heteroatoms. The highest BCUT2D eigenvalue weighted by molar-refractivity contribution is 5.89. The zero-order valence-electron chi connectivity index (χ0n) is 16.0. The van der Waals surface area contributed by atoms with Crippen molar-refractivity contribution in [3.05, 3.63) is 89.5 Å². The van der Waals surface area contributed by atoms with Crippen LogP contribution in [0.1, 0.15) is 17.5 Å². The third-order valence-electron chi connectivity index (χ3n) is 6.01. The van der Waals surface area contributed by atoms with Gasteiger partial charge in [-0.25, -0.2) is 13.8 Å². The lowest BCUT2D eigenvalue weighted by atomic mass is 9.72. The molecule has 30 heavy (non-hydrogen) atoms. The maximum absolute atomic E-state index is 14.2. The minimum atomic E-state index is -1.26. The molecule has 1 atom stereocenters. The number of aliphatic carboxylic acids is 1. The van der Waals surface area contributed by atoms with Gasteiger partial charge in [0.05, 0.1) is 11.0 Å². The fourth-order valence-corrected chi connectivity index (χ4v) is 4.47. The second-order valence-corrected chi connectivity index (χ2v) is 7.68. The van der Waals surface area contributed by atoms with Crippen LogP contribution in [0.25, 0.3) is 22.4 Å². The Morgan fingerprint density at radius 2 is 1.83 bits per heavy atom. The number of carbonyl (C=O) groups is 1. The highest BCUT2D eigenvalue weighted by atomic mass is 19.1. The molecule has 0 saturated carbocycles. The highest BCUT2D eigenvalue weighted by Crippen LogP contribution is 2.44. The molecule has 150 valence electrons. The van der Waals surface area contributed by atoms with Crippen molar-refractivity contribution in [3.63, 3.8) is 0 Å². The van der Waals surface area contributed by atoms with E-state index in [9.17, 15) is 18.7 Å². The average Bonchev–Trinajstić information content (AvgIpc) is 3.11. The molecular weight excluding hydrogens is 386 g/mol. The summed E-state index contributed by atoms with van der Waals surface area (Å²) >= 11 is 0. The maximum atomic E-state index is 14.2. The van der Waals surface area contributed by atoms with E-state index in [4.69, 9.17) is 4.98 Å². The topological polar surface area (TPSA) is 55.1 Å². The molecule has 1 aromatic heterocycles. The van der Waals surface area contributed by atoms with Crippen LogP contribution in [-0.2, 0) is 23.2 Å². The van der Waals surface area contributed by atoms with Crippen molar-refractivity contribution >= 4 is 17.0 Å². The number of fused-ring (bicyclic) bond motifs is 5. The van der Waals surface area contributed by atoms with Crippen LogP contribution in [0.5, 0.6) is 0 Å². The first-order chi connectivity index (χ1) is 14.5. The number of carboxylic acid groups (broad SMARTS) is 1. The van der Waals surface area contributed by atoms with E-state index in [1.54, 1.807) is 0 Å². The van der Waals surface area contributed by atoms with Crippen LogP contribution >= 0.6 is 0 Å². The molecule has 0 fully saturated rings. The van der Waals surface area contributed by atoms with Crippen LogP contribution in [0.15, 0.2) is 66.7 Å². The van der Waals surface area contributed by atoms with Crippen molar-refractivity contribution in [2.75, 3.05) is 0 Å². The largest absolute Gasteiger partial charge is 0.481 e. The molecule has 1 aliphatic heterocycles. The minimum absolute atomic E-state index is 0.174. The minimum Gasteiger partial charge on any atom is -0.481 e. The Bertz CT molecular complexity index is 1300. The Morgan fingerprint density at radius 1 is 1.07 bits per heavy atom. The molecule has 1 N–H and O–H groups in total. The molecule has 0 saturated heterocycles. The summed E-state index contributed by atoms with van der Waals surface area (Å²) < 4.78 is 29.4. The van der Waals surface area contributed by atoms with Crippen molar-refractivity contribution < 1.29 is 18.7 Å². The third kappa shape index (κ3) is 2.71. The van der Waals surface area contributed by atoms with Gasteiger partial charge in [0.15, 0.2) is 0 Å². The molecular formula is C24H18F2N2O2. The number of hydrogen-bond acceptors (Lipinski definition) is 2.